The summed E-state index contributed by atoms with van der Waals surface area (Å²) in [6, 6.07) is 1.54. The number of pyridine rings is 1. The molecule has 0 aromatic carbocycles. The maximum atomic E-state index is 11.0. The summed E-state index contributed by atoms with van der Waals surface area (Å²) in [5.41, 5.74) is 0.880. The molecule has 1 aromatic heterocycles. The Morgan fingerprint density at radius 2 is 2.11 bits per heavy atom. The second-order valence-electron chi connectivity index (χ2n) is 5.63. The van der Waals surface area contributed by atoms with Gasteiger partial charge in [-0.15, -0.1) is 0 Å². The fraction of sp³-hybridized carbons (Fsp3) is 0.615. The number of aromatic nitrogens is 1. The van der Waals surface area contributed by atoms with Crippen LogP contribution in [-0.2, 0) is 0 Å². The predicted octanol–water partition coefficient (Wildman–Crippen LogP) is 3.39. The molecule has 0 aliphatic heterocycles. The van der Waals surface area contributed by atoms with Crippen LogP contribution >= 0.6 is 0 Å². The highest BCUT2D eigenvalue weighted by Gasteiger charge is 2.24. The van der Waals surface area contributed by atoms with Crippen LogP contribution in [0.5, 0.6) is 0 Å². The smallest absolute Gasteiger partial charge is 0.311 e. The van der Waals surface area contributed by atoms with Crippen LogP contribution < -0.4 is 5.32 Å². The van der Waals surface area contributed by atoms with Gasteiger partial charge >= 0.3 is 5.69 Å². The van der Waals surface area contributed by atoms with E-state index in [-0.39, 0.29) is 11.1 Å². The molecule has 0 radical (unpaired) electrons. The summed E-state index contributed by atoms with van der Waals surface area (Å²) in [7, 11) is 0. The lowest BCUT2D eigenvalue weighted by atomic mass is 9.81. The van der Waals surface area contributed by atoms with Gasteiger partial charge in [0.05, 0.1) is 4.92 Å². The summed E-state index contributed by atoms with van der Waals surface area (Å²) in [6.07, 6.45) is 1.64. The monoisotopic (exact) mass is 251 g/mol. The quantitative estimate of drug-likeness (QED) is 0.643. The van der Waals surface area contributed by atoms with Gasteiger partial charge in [0.15, 0.2) is 0 Å². The molecule has 5 heteroatoms. The van der Waals surface area contributed by atoms with E-state index in [2.05, 4.69) is 38.0 Å². The molecule has 1 N–H and O–H groups in total. The predicted molar refractivity (Wildman–Crippen MR) is 72.7 cm³/mol. The molecule has 100 valence electrons. The van der Waals surface area contributed by atoms with Crippen LogP contribution in [0.15, 0.2) is 12.3 Å². The van der Waals surface area contributed by atoms with E-state index in [4.69, 9.17) is 0 Å². The zero-order chi connectivity index (χ0) is 13.9. The maximum Gasteiger partial charge on any atom is 0.311 e. The third-order valence-corrected chi connectivity index (χ3v) is 3.48. The normalized spacial score (nSPS) is 11.7. The zero-order valence-corrected chi connectivity index (χ0v) is 11.7. The summed E-state index contributed by atoms with van der Waals surface area (Å²) < 4.78 is 0. The third kappa shape index (κ3) is 3.42. The van der Waals surface area contributed by atoms with Crippen molar-refractivity contribution < 1.29 is 4.92 Å². The highest BCUT2D eigenvalue weighted by Crippen LogP contribution is 2.28. The lowest BCUT2D eigenvalue weighted by Crippen LogP contribution is -2.29. The Balaban J connectivity index is 2.89. The van der Waals surface area contributed by atoms with Gasteiger partial charge in [0.2, 0.25) is 5.82 Å². The van der Waals surface area contributed by atoms with Crippen molar-refractivity contribution in [2.75, 3.05) is 11.9 Å². The highest BCUT2D eigenvalue weighted by molar-refractivity contribution is 5.56. The van der Waals surface area contributed by atoms with E-state index in [1.807, 2.05) is 0 Å². The van der Waals surface area contributed by atoms with E-state index >= 15 is 0 Å². The molecular formula is C13H21N3O2. The van der Waals surface area contributed by atoms with Crippen molar-refractivity contribution in [1.82, 2.24) is 4.98 Å². The van der Waals surface area contributed by atoms with E-state index in [0.717, 1.165) is 5.56 Å². The number of aryl methyl sites for hydroxylation is 1. The summed E-state index contributed by atoms with van der Waals surface area (Å²) in [4.78, 5) is 14.7. The molecule has 0 atom stereocenters. The molecule has 1 rings (SSSR count). The van der Waals surface area contributed by atoms with Gasteiger partial charge in [0.25, 0.3) is 0 Å². The lowest BCUT2D eigenvalue weighted by molar-refractivity contribution is -0.384. The van der Waals surface area contributed by atoms with Crippen LogP contribution in [0.25, 0.3) is 0 Å². The van der Waals surface area contributed by atoms with Crippen LogP contribution in [0.4, 0.5) is 11.5 Å². The van der Waals surface area contributed by atoms with Crippen LogP contribution in [0.1, 0.15) is 33.3 Å². The molecule has 0 fully saturated rings. The Morgan fingerprint density at radius 1 is 1.50 bits per heavy atom. The molecule has 0 amide bonds. The van der Waals surface area contributed by atoms with Crippen molar-refractivity contribution >= 4 is 11.5 Å². The van der Waals surface area contributed by atoms with Crippen molar-refractivity contribution in [2.45, 2.75) is 34.6 Å². The van der Waals surface area contributed by atoms with Crippen molar-refractivity contribution in [3.05, 3.63) is 27.9 Å². The summed E-state index contributed by atoms with van der Waals surface area (Å²) in [5, 5.41) is 14.0. The van der Waals surface area contributed by atoms with E-state index in [1.165, 1.54) is 6.07 Å². The number of rotatable bonds is 5. The SMILES string of the molecule is Cc1cnc(NCC(C)(C)C(C)C)c([N+](=O)[O-])c1. The molecule has 5 nitrogen and oxygen atoms in total. The van der Waals surface area contributed by atoms with Crippen LogP contribution in [-0.4, -0.2) is 16.5 Å². The molecule has 18 heavy (non-hydrogen) atoms. The molecule has 0 aliphatic carbocycles. The highest BCUT2D eigenvalue weighted by atomic mass is 16.6. The fourth-order valence-electron chi connectivity index (χ4n) is 1.34. The number of nitrogens with one attached hydrogen (secondary N) is 1. The Morgan fingerprint density at radius 3 is 2.61 bits per heavy atom. The first-order chi connectivity index (χ1) is 8.24. The van der Waals surface area contributed by atoms with E-state index in [1.54, 1.807) is 13.1 Å². The number of hydrogen-bond acceptors (Lipinski definition) is 4. The molecule has 0 spiro atoms. The van der Waals surface area contributed by atoms with Gasteiger partial charge in [-0.05, 0) is 23.8 Å². The number of nitro groups is 1. The molecule has 1 heterocycles. The minimum absolute atomic E-state index is 0.0366. The van der Waals surface area contributed by atoms with E-state index in [9.17, 15) is 10.1 Å². The van der Waals surface area contributed by atoms with Gasteiger partial charge in [0, 0.05) is 18.8 Å². The first-order valence-corrected chi connectivity index (χ1v) is 6.09. The fourth-order valence-corrected chi connectivity index (χ4v) is 1.34. The number of hydrogen-bond donors (Lipinski definition) is 1. The Bertz CT molecular complexity index is 442. The molecule has 1 aromatic rings. The zero-order valence-electron chi connectivity index (χ0n) is 11.7. The average molecular weight is 251 g/mol. The van der Waals surface area contributed by atoms with Gasteiger partial charge < -0.3 is 5.32 Å². The van der Waals surface area contributed by atoms with E-state index < -0.39 is 4.92 Å². The summed E-state index contributed by atoms with van der Waals surface area (Å²) in [6.45, 7) is 11.0. The Kier molecular flexibility index (Phi) is 4.27. The van der Waals surface area contributed by atoms with Gasteiger partial charge in [-0.3, -0.25) is 10.1 Å². The summed E-state index contributed by atoms with van der Waals surface area (Å²) in [5.74, 6) is 0.828. The van der Waals surface area contributed by atoms with Crippen molar-refractivity contribution in [1.29, 1.82) is 0 Å². The lowest BCUT2D eigenvalue weighted by Gasteiger charge is -2.29. The average Bonchev–Trinajstić information content (AvgIpc) is 2.27. The minimum atomic E-state index is -0.398. The molecule has 0 aliphatic rings. The molecule has 0 saturated carbocycles. The van der Waals surface area contributed by atoms with Crippen LogP contribution in [0.2, 0.25) is 0 Å². The minimum Gasteiger partial charge on any atom is -0.364 e. The van der Waals surface area contributed by atoms with Crippen molar-refractivity contribution in [2.24, 2.45) is 11.3 Å². The van der Waals surface area contributed by atoms with Gasteiger partial charge in [-0.2, -0.15) is 0 Å². The first kappa shape index (κ1) is 14.4. The van der Waals surface area contributed by atoms with Gasteiger partial charge in [-0.1, -0.05) is 27.7 Å². The van der Waals surface area contributed by atoms with Crippen LogP contribution in [0.3, 0.4) is 0 Å². The van der Waals surface area contributed by atoms with E-state index in [0.29, 0.717) is 18.3 Å². The second-order valence-corrected chi connectivity index (χ2v) is 5.63. The molecule has 0 unspecified atom stereocenters. The number of nitrogens with zero attached hydrogens (tertiary/aromatic N) is 2. The topological polar surface area (TPSA) is 68.1 Å². The standard InChI is InChI=1S/C13H21N3O2/c1-9(2)13(4,5)8-15-12-11(16(17)18)6-10(3)7-14-12/h6-7,9H,8H2,1-5H3,(H,14,15). The molecule has 0 bridgehead atoms. The van der Waals surface area contributed by atoms with Crippen molar-refractivity contribution in [3.8, 4) is 0 Å². The summed E-state index contributed by atoms with van der Waals surface area (Å²) >= 11 is 0. The van der Waals surface area contributed by atoms with Gasteiger partial charge in [0.1, 0.15) is 0 Å². The van der Waals surface area contributed by atoms with Crippen LogP contribution in [0, 0.1) is 28.4 Å². The Labute approximate surface area is 108 Å². The van der Waals surface area contributed by atoms with Crippen molar-refractivity contribution in [3.63, 3.8) is 0 Å². The third-order valence-electron chi connectivity index (χ3n) is 3.48. The molecular weight excluding hydrogens is 230 g/mol. The Hall–Kier alpha value is -1.65. The molecule has 0 saturated heterocycles. The first-order valence-electron chi connectivity index (χ1n) is 6.09. The van der Waals surface area contributed by atoms with Gasteiger partial charge in [-0.25, -0.2) is 4.98 Å². The maximum absolute atomic E-state index is 11.0. The number of anilines is 1. The second kappa shape index (κ2) is 5.33. The largest absolute Gasteiger partial charge is 0.364 e.